The Bertz CT molecular complexity index is 322. The van der Waals surface area contributed by atoms with E-state index in [1.54, 1.807) is 0 Å². The monoisotopic (exact) mass is 214 g/mol. The predicted molar refractivity (Wildman–Crippen MR) is 50.0 cm³/mol. The van der Waals surface area contributed by atoms with Crippen LogP contribution in [0.5, 0.6) is 0 Å². The Labute approximate surface area is 86.7 Å². The topological polar surface area (TPSA) is 98.0 Å². The molecule has 0 aliphatic heterocycles. The van der Waals surface area contributed by atoms with Crippen LogP contribution < -0.4 is 0 Å². The summed E-state index contributed by atoms with van der Waals surface area (Å²) in [6, 6.07) is 0. The minimum absolute atomic E-state index is 0.0801. The zero-order valence-electron chi connectivity index (χ0n) is 8.13. The van der Waals surface area contributed by atoms with E-state index >= 15 is 0 Å². The SMILES string of the molecule is O=C(O)CC1=C2C(CC1O)C2C(O)CO. The van der Waals surface area contributed by atoms with Gasteiger partial charge in [-0.15, -0.1) is 0 Å². The highest BCUT2D eigenvalue weighted by Crippen LogP contribution is 2.58. The van der Waals surface area contributed by atoms with Gasteiger partial charge in [0.1, 0.15) is 0 Å². The highest BCUT2D eigenvalue weighted by Gasteiger charge is 2.55. The lowest BCUT2D eigenvalue weighted by molar-refractivity contribution is -0.136. The third-order valence-electron chi connectivity index (χ3n) is 3.28. The molecule has 1 saturated carbocycles. The van der Waals surface area contributed by atoms with Crippen LogP contribution >= 0.6 is 0 Å². The van der Waals surface area contributed by atoms with E-state index in [0.29, 0.717) is 12.0 Å². The van der Waals surface area contributed by atoms with E-state index < -0.39 is 18.2 Å². The normalized spacial score (nSPS) is 35.3. The van der Waals surface area contributed by atoms with Crippen molar-refractivity contribution in [2.45, 2.75) is 25.0 Å². The molecule has 4 unspecified atom stereocenters. The fourth-order valence-corrected chi connectivity index (χ4v) is 2.61. The maximum Gasteiger partial charge on any atom is 0.307 e. The molecule has 0 heterocycles. The van der Waals surface area contributed by atoms with Crippen molar-refractivity contribution in [3.8, 4) is 0 Å². The van der Waals surface area contributed by atoms with Crippen LogP contribution in [0.2, 0.25) is 0 Å². The summed E-state index contributed by atoms with van der Waals surface area (Å²) < 4.78 is 0. The number of hydrogen-bond donors (Lipinski definition) is 4. The molecule has 5 nitrogen and oxygen atoms in total. The van der Waals surface area contributed by atoms with Gasteiger partial charge in [0.15, 0.2) is 0 Å². The molecule has 1 fully saturated rings. The summed E-state index contributed by atoms with van der Waals surface area (Å²) in [5.41, 5.74) is 1.39. The Morgan fingerprint density at radius 1 is 1.53 bits per heavy atom. The lowest BCUT2D eigenvalue weighted by atomic mass is 10.0. The van der Waals surface area contributed by atoms with Gasteiger partial charge in [-0.2, -0.15) is 0 Å². The number of rotatable bonds is 4. The van der Waals surface area contributed by atoms with Crippen molar-refractivity contribution >= 4 is 5.97 Å². The summed E-state index contributed by atoms with van der Waals surface area (Å²) in [4.78, 5) is 10.6. The van der Waals surface area contributed by atoms with Crippen LogP contribution in [0.25, 0.3) is 0 Å². The van der Waals surface area contributed by atoms with E-state index in [1.165, 1.54) is 0 Å². The lowest BCUT2D eigenvalue weighted by Crippen LogP contribution is -2.20. The highest BCUT2D eigenvalue weighted by atomic mass is 16.4. The van der Waals surface area contributed by atoms with Crippen LogP contribution in [0, 0.1) is 11.8 Å². The molecular weight excluding hydrogens is 200 g/mol. The van der Waals surface area contributed by atoms with Crippen molar-refractivity contribution in [2.75, 3.05) is 6.61 Å². The van der Waals surface area contributed by atoms with E-state index in [-0.39, 0.29) is 24.9 Å². The van der Waals surface area contributed by atoms with E-state index in [1.807, 2.05) is 0 Å². The summed E-state index contributed by atoms with van der Waals surface area (Å²) >= 11 is 0. The second kappa shape index (κ2) is 3.59. The molecule has 0 bridgehead atoms. The van der Waals surface area contributed by atoms with Crippen molar-refractivity contribution in [1.82, 2.24) is 0 Å². The third-order valence-corrected chi connectivity index (χ3v) is 3.28. The van der Waals surface area contributed by atoms with E-state index in [4.69, 9.17) is 10.2 Å². The standard InChI is InChI=1S/C10H14O5/c11-3-7(13)10-5-1-6(12)4(9(5)10)2-8(14)15/h5-7,10-13H,1-3H2,(H,14,15). The number of hydrogen-bond acceptors (Lipinski definition) is 4. The zero-order valence-corrected chi connectivity index (χ0v) is 8.13. The number of aliphatic carboxylic acids is 1. The zero-order chi connectivity index (χ0) is 11.2. The van der Waals surface area contributed by atoms with Gasteiger partial charge in [-0.3, -0.25) is 4.79 Å². The molecule has 15 heavy (non-hydrogen) atoms. The first-order valence-corrected chi connectivity index (χ1v) is 4.97. The maximum atomic E-state index is 10.6. The Morgan fingerprint density at radius 3 is 2.73 bits per heavy atom. The fraction of sp³-hybridized carbons (Fsp3) is 0.700. The number of carboxylic acid groups (broad SMARTS) is 1. The van der Waals surface area contributed by atoms with Gasteiger partial charge in [-0.05, 0) is 17.9 Å². The first kappa shape index (κ1) is 10.6. The van der Waals surface area contributed by atoms with Gasteiger partial charge >= 0.3 is 5.97 Å². The molecule has 2 aliphatic carbocycles. The molecule has 0 amide bonds. The molecule has 2 aliphatic rings. The molecule has 2 rings (SSSR count). The molecule has 0 radical (unpaired) electrons. The van der Waals surface area contributed by atoms with Crippen molar-refractivity contribution in [2.24, 2.45) is 11.8 Å². The summed E-state index contributed by atoms with van der Waals surface area (Å²) in [6.07, 6.45) is -1.18. The van der Waals surface area contributed by atoms with Crippen molar-refractivity contribution in [3.63, 3.8) is 0 Å². The second-order valence-electron chi connectivity index (χ2n) is 4.18. The molecule has 0 aromatic carbocycles. The quantitative estimate of drug-likeness (QED) is 0.456. The number of carbonyl (C=O) groups is 1. The van der Waals surface area contributed by atoms with E-state index in [2.05, 4.69) is 0 Å². The van der Waals surface area contributed by atoms with Crippen LogP contribution in [0.3, 0.4) is 0 Å². The third kappa shape index (κ3) is 1.67. The van der Waals surface area contributed by atoms with E-state index in [9.17, 15) is 15.0 Å². The molecule has 4 atom stereocenters. The molecule has 0 spiro atoms. The Morgan fingerprint density at radius 2 is 2.20 bits per heavy atom. The summed E-state index contributed by atoms with van der Waals surface area (Å²) in [5.74, 6) is -1.02. The van der Waals surface area contributed by atoms with Gasteiger partial charge in [-0.25, -0.2) is 0 Å². The Balaban J connectivity index is 2.14. The van der Waals surface area contributed by atoms with Gasteiger partial charge in [-0.1, -0.05) is 5.57 Å². The van der Waals surface area contributed by atoms with Crippen LogP contribution in [-0.4, -0.2) is 45.2 Å². The molecule has 4 N–H and O–H groups in total. The minimum atomic E-state index is -0.971. The first-order chi connectivity index (χ1) is 7.06. The van der Waals surface area contributed by atoms with Crippen LogP contribution in [0.15, 0.2) is 11.1 Å². The molecule has 5 heteroatoms. The number of aliphatic hydroxyl groups is 3. The van der Waals surface area contributed by atoms with Gasteiger partial charge in [0.25, 0.3) is 0 Å². The molecule has 0 aromatic heterocycles. The van der Waals surface area contributed by atoms with Gasteiger partial charge in [0, 0.05) is 5.92 Å². The van der Waals surface area contributed by atoms with Crippen LogP contribution in [-0.2, 0) is 4.79 Å². The largest absolute Gasteiger partial charge is 0.481 e. The molecule has 0 saturated heterocycles. The molecule has 84 valence electrons. The summed E-state index contributed by atoms with van der Waals surface area (Å²) in [6.45, 7) is -0.318. The lowest BCUT2D eigenvalue weighted by Gasteiger charge is -2.13. The Hall–Kier alpha value is -0.910. The Kier molecular flexibility index (Phi) is 2.54. The minimum Gasteiger partial charge on any atom is -0.481 e. The molecular formula is C10H14O5. The average molecular weight is 214 g/mol. The number of carboxylic acids is 1. The van der Waals surface area contributed by atoms with Crippen molar-refractivity contribution < 1.29 is 25.2 Å². The second-order valence-corrected chi connectivity index (χ2v) is 4.18. The summed E-state index contributed by atoms with van der Waals surface area (Å²) in [7, 11) is 0. The number of fused-ring (bicyclic) bond motifs is 1. The predicted octanol–water partition coefficient (Wildman–Crippen LogP) is -0.878. The maximum absolute atomic E-state index is 10.6. The van der Waals surface area contributed by atoms with Crippen molar-refractivity contribution in [1.29, 1.82) is 0 Å². The number of aliphatic hydroxyl groups excluding tert-OH is 3. The van der Waals surface area contributed by atoms with Crippen LogP contribution in [0.1, 0.15) is 12.8 Å². The van der Waals surface area contributed by atoms with Gasteiger partial charge in [0.05, 0.1) is 25.2 Å². The van der Waals surface area contributed by atoms with Crippen LogP contribution in [0.4, 0.5) is 0 Å². The smallest absolute Gasteiger partial charge is 0.307 e. The van der Waals surface area contributed by atoms with E-state index in [0.717, 1.165) is 5.57 Å². The fourth-order valence-electron chi connectivity index (χ4n) is 2.61. The molecule has 0 aromatic rings. The average Bonchev–Trinajstić information content (AvgIpc) is 2.78. The highest BCUT2D eigenvalue weighted by molar-refractivity contribution is 5.72. The van der Waals surface area contributed by atoms with Gasteiger partial charge in [0.2, 0.25) is 0 Å². The first-order valence-electron chi connectivity index (χ1n) is 4.97. The van der Waals surface area contributed by atoms with Crippen molar-refractivity contribution in [3.05, 3.63) is 11.1 Å². The van der Waals surface area contributed by atoms with Gasteiger partial charge < -0.3 is 20.4 Å². The summed E-state index contributed by atoms with van der Waals surface area (Å²) in [5, 5.41) is 36.4.